The number of carbonyl (C=O) groups excluding carboxylic acids is 1. The molecule has 4 rings (SSSR count). The molecule has 0 amide bonds. The Morgan fingerprint density at radius 1 is 0.805 bits per heavy atom. The first kappa shape index (κ1) is 40.3. The van der Waals surface area contributed by atoms with E-state index in [1.165, 1.54) is 29.8 Å². The van der Waals surface area contributed by atoms with Gasteiger partial charge in [0.25, 0.3) is 0 Å². The molecule has 0 heterocycles. The summed E-state index contributed by atoms with van der Waals surface area (Å²) in [6, 6.07) is 16.5. The van der Waals surface area contributed by atoms with Crippen LogP contribution in [0.5, 0.6) is 11.5 Å². The first-order valence-corrected chi connectivity index (χ1v) is 36.9. The second kappa shape index (κ2) is 21.0. The molecule has 0 saturated heterocycles. The van der Waals surface area contributed by atoms with Crippen LogP contribution in [0.3, 0.4) is 0 Å². The van der Waals surface area contributed by atoms with E-state index >= 15 is 0 Å². The summed E-state index contributed by atoms with van der Waals surface area (Å²) >= 11 is 8.37. The molecule has 0 aliphatic carbocycles. The number of aromatic hydroxyl groups is 2. The minimum Gasteiger partial charge on any atom is -0.507 e. The van der Waals surface area contributed by atoms with Crippen LogP contribution in [0, 0.1) is 0 Å². The van der Waals surface area contributed by atoms with Crippen molar-refractivity contribution in [3.8, 4) is 11.5 Å². The van der Waals surface area contributed by atoms with Gasteiger partial charge in [-0.1, -0.05) is 65.0 Å². The molecule has 4 aromatic carbocycles. The van der Waals surface area contributed by atoms with Gasteiger partial charge in [0.2, 0.25) is 0 Å². The standard InChI is InChI=1S/C14H14O3.C12H8O4.C2H6.CH4.I5/c1-2-3-9-4-5-10-8-13(15)12(14(16)17)7-11(10)6-9;13-6-7-1-2-8-5-11(14)10(12(15)16)4-9(8)3-7;1-2;;1-4-5(2)3/h4-8,15H,2-3H2,1H3,(H,16,17);1-6,14H,(H,15,16);1-2H3;1H4;/q;;;;-1. The molecule has 0 spiro atoms. The van der Waals surface area contributed by atoms with Gasteiger partial charge in [-0.25, -0.2) is 9.59 Å². The number of hydrogen-bond donors (Lipinski definition) is 4. The average molecular weight is 1130 g/mol. The number of aryl methyl sites for hydroxylation is 1. The van der Waals surface area contributed by atoms with Gasteiger partial charge in [0, 0.05) is 5.56 Å². The zero-order chi connectivity index (χ0) is 30.4. The second-order valence-electron chi connectivity index (χ2n) is 7.72. The number of fused-ring (bicyclic) bond motifs is 2. The maximum absolute atomic E-state index is 10.9. The molecule has 4 N–H and O–H groups in total. The molecule has 0 aliphatic rings. The Balaban J connectivity index is 0.000000627. The van der Waals surface area contributed by atoms with Crippen molar-refractivity contribution in [1.29, 1.82) is 0 Å². The SMILES string of the molecule is C.CC.CCCc1ccc2cc(O)c(C(=O)O)cc2c1.I[I-]I(I)I.O=Cc1ccc2cc(O)c(C(=O)O)cc2c1. The monoisotopic (exact) mass is 1130 g/mol. The fourth-order valence-corrected chi connectivity index (χ4v) is 3.50. The van der Waals surface area contributed by atoms with Crippen LogP contribution >= 0.6 is 63.7 Å². The van der Waals surface area contributed by atoms with Crippen LogP contribution in [-0.4, -0.2) is 38.7 Å². The van der Waals surface area contributed by atoms with E-state index in [2.05, 4.69) is 62.8 Å². The van der Waals surface area contributed by atoms with E-state index in [4.69, 9.17) is 10.2 Å². The van der Waals surface area contributed by atoms with Crippen LogP contribution in [0.4, 0.5) is 0 Å². The summed E-state index contributed by atoms with van der Waals surface area (Å²) in [6.45, 7) is 6.10. The van der Waals surface area contributed by atoms with Crippen molar-refractivity contribution in [1.82, 2.24) is 0 Å². The van der Waals surface area contributed by atoms with E-state index < -0.39 is 11.9 Å². The van der Waals surface area contributed by atoms with Gasteiger partial charge < -0.3 is 20.4 Å². The Kier molecular flexibility index (Phi) is 20.7. The Bertz CT molecular complexity index is 1460. The quantitative estimate of drug-likeness (QED) is 0.117. The number of aromatic carboxylic acids is 2. The van der Waals surface area contributed by atoms with Gasteiger partial charge in [-0.3, -0.25) is 4.79 Å². The van der Waals surface area contributed by atoms with E-state index in [0.29, 0.717) is 35.9 Å². The molecule has 0 saturated carbocycles. The van der Waals surface area contributed by atoms with Crippen molar-refractivity contribution >= 4 is 104 Å². The van der Waals surface area contributed by atoms with Gasteiger partial charge in [-0.15, -0.1) is 0 Å². The molecule has 41 heavy (non-hydrogen) atoms. The van der Waals surface area contributed by atoms with E-state index in [1.807, 2.05) is 32.0 Å². The predicted molar refractivity (Wildman–Crippen MR) is 199 cm³/mol. The number of carboxylic acid groups (broad SMARTS) is 2. The number of carbonyl (C=O) groups is 3. The summed E-state index contributed by atoms with van der Waals surface area (Å²) in [5.74, 6) is -2.77. The van der Waals surface area contributed by atoms with Gasteiger partial charge in [0.1, 0.15) is 28.9 Å². The Hall–Kier alpha value is -0.740. The topological polar surface area (TPSA) is 132 Å². The summed E-state index contributed by atoms with van der Waals surface area (Å²) in [7, 11) is -0.245. The molecule has 0 fully saturated rings. The van der Waals surface area contributed by atoms with Crippen molar-refractivity contribution < 1.29 is 48.1 Å². The van der Waals surface area contributed by atoms with Gasteiger partial charge in [-0.05, 0) is 63.9 Å². The molecule has 4 aromatic rings. The number of phenols is 2. The predicted octanol–water partition coefficient (Wildman–Crippen LogP) is 7.46. The van der Waals surface area contributed by atoms with E-state index in [0.717, 1.165) is 23.6 Å². The third-order valence-electron chi connectivity index (χ3n) is 5.17. The number of halogens is 5. The van der Waals surface area contributed by atoms with E-state index in [9.17, 15) is 24.6 Å². The van der Waals surface area contributed by atoms with Gasteiger partial charge in [0.15, 0.2) is 0 Å². The van der Waals surface area contributed by atoms with Gasteiger partial charge in [0.05, 0.1) is 0 Å². The first-order chi connectivity index (χ1) is 19.0. The maximum Gasteiger partial charge on any atom is 0.339 e. The Morgan fingerprint density at radius 2 is 1.24 bits per heavy atom. The molecule has 0 aromatic heterocycles. The molecule has 0 radical (unpaired) electrons. The summed E-state index contributed by atoms with van der Waals surface area (Å²) in [6.07, 6.45) is 2.71. The number of carboxylic acids is 2. The Morgan fingerprint density at radius 3 is 1.63 bits per heavy atom. The van der Waals surface area contributed by atoms with E-state index in [1.54, 1.807) is 18.2 Å². The van der Waals surface area contributed by atoms with Gasteiger partial charge >= 0.3 is 88.9 Å². The molecule has 0 atom stereocenters. The number of rotatable bonds is 6. The van der Waals surface area contributed by atoms with Crippen LogP contribution < -0.4 is 13.3 Å². The summed E-state index contributed by atoms with van der Waals surface area (Å²) in [5.41, 5.74) is 1.43. The van der Waals surface area contributed by atoms with Gasteiger partial charge in [-0.2, -0.15) is 0 Å². The third kappa shape index (κ3) is 13.2. The smallest absolute Gasteiger partial charge is 0.339 e. The molecule has 12 heteroatoms. The van der Waals surface area contributed by atoms with Crippen molar-refractivity contribution in [3.05, 3.63) is 82.9 Å². The summed E-state index contributed by atoms with van der Waals surface area (Å²) in [4.78, 5) is 32.3. The summed E-state index contributed by atoms with van der Waals surface area (Å²) < 4.78 is 0. The maximum atomic E-state index is 10.9. The van der Waals surface area contributed by atoms with Crippen LogP contribution in [-0.2, 0) is 6.42 Å². The minimum absolute atomic E-state index is 0. The number of aldehydes is 1. The van der Waals surface area contributed by atoms with Crippen LogP contribution in [0.1, 0.15) is 71.3 Å². The number of hydrogen-bond acceptors (Lipinski definition) is 5. The van der Waals surface area contributed by atoms with Crippen LogP contribution in [0.2, 0.25) is 0 Å². The molecule has 0 unspecified atom stereocenters. The van der Waals surface area contributed by atoms with Crippen molar-refractivity contribution in [3.63, 3.8) is 0 Å². The zero-order valence-corrected chi connectivity index (χ0v) is 32.5. The van der Waals surface area contributed by atoms with Crippen molar-refractivity contribution in [2.45, 2.75) is 41.0 Å². The molecule has 7 nitrogen and oxygen atoms in total. The number of benzene rings is 4. The zero-order valence-electron chi connectivity index (χ0n) is 21.7. The second-order valence-corrected chi connectivity index (χ2v) is 72.7. The minimum atomic E-state index is -1.20. The first-order valence-electron chi connectivity index (χ1n) is 11.7. The average Bonchev–Trinajstić information content (AvgIpc) is 2.93. The molecule has 0 aliphatic heterocycles. The Labute approximate surface area is 283 Å². The fraction of sp³-hybridized carbons (Fsp3) is 0.207. The van der Waals surface area contributed by atoms with Crippen LogP contribution in [0.15, 0.2) is 60.7 Å². The van der Waals surface area contributed by atoms with E-state index in [-0.39, 0.29) is 37.9 Å². The van der Waals surface area contributed by atoms with Crippen molar-refractivity contribution in [2.75, 3.05) is 0 Å². The normalized spacial score (nSPS) is 10.0. The van der Waals surface area contributed by atoms with Crippen molar-refractivity contribution in [2.24, 2.45) is 0 Å². The molecular weight excluding hydrogens is 1090 g/mol. The summed E-state index contributed by atoms with van der Waals surface area (Å²) in [5, 5.41) is 39.8. The molecule has 0 bridgehead atoms. The third-order valence-corrected chi connectivity index (χ3v) is 87.8. The largest absolute Gasteiger partial charge is 0.507 e. The van der Waals surface area contributed by atoms with Crippen LogP contribution in [0.25, 0.3) is 21.5 Å². The molecule has 226 valence electrons. The molecular formula is C29H32I5O7-. The fourth-order valence-electron chi connectivity index (χ4n) is 3.50.